The van der Waals surface area contributed by atoms with Crippen molar-refractivity contribution >= 4 is 0 Å². The molecule has 0 fully saturated rings. The zero-order chi connectivity index (χ0) is 37.8. The molecule has 4 atom stereocenters. The van der Waals surface area contributed by atoms with E-state index in [4.69, 9.17) is 0 Å². The molecule has 0 aliphatic carbocycles. The highest BCUT2D eigenvalue weighted by atomic mass is 14.6. The van der Waals surface area contributed by atoms with Gasteiger partial charge in [0, 0.05) is 0 Å². The molecule has 0 aromatic heterocycles. The van der Waals surface area contributed by atoms with Crippen LogP contribution in [-0.2, 0) is 0 Å². The Kier molecular flexibility index (Phi) is 24.6. The van der Waals surface area contributed by atoms with E-state index in [0.29, 0.717) is 37.9 Å². The summed E-state index contributed by atoms with van der Waals surface area (Å²) in [5.41, 5.74) is 3.15. The van der Waals surface area contributed by atoms with E-state index in [1.54, 1.807) is 0 Å². The molecule has 0 saturated carbocycles. The Morgan fingerprint density at radius 2 is 0.562 bits per heavy atom. The van der Waals surface area contributed by atoms with E-state index in [0.717, 1.165) is 0 Å². The van der Waals surface area contributed by atoms with Crippen molar-refractivity contribution in [3.63, 3.8) is 0 Å². The molecule has 0 spiro atoms. The molecule has 0 heteroatoms. The Labute approximate surface area is 309 Å². The quantitative estimate of drug-likeness (QED) is 0.0760. The van der Waals surface area contributed by atoms with Gasteiger partial charge in [0.15, 0.2) is 0 Å². The average molecular weight is 677 g/mol. The molecule has 0 heterocycles. The summed E-state index contributed by atoms with van der Waals surface area (Å²) in [4.78, 5) is 0. The third-order valence-electron chi connectivity index (χ3n) is 15.1. The molecule has 0 aliphatic rings. The van der Waals surface area contributed by atoms with Gasteiger partial charge in [-0.1, -0.05) is 227 Å². The molecule has 0 nitrogen and oxygen atoms in total. The van der Waals surface area contributed by atoms with Crippen LogP contribution >= 0.6 is 0 Å². The van der Waals surface area contributed by atoms with Gasteiger partial charge in [0.25, 0.3) is 0 Å². The topological polar surface area (TPSA) is 0 Å². The minimum Gasteiger partial charge on any atom is -0.0654 e. The van der Waals surface area contributed by atoms with E-state index < -0.39 is 0 Å². The van der Waals surface area contributed by atoms with Crippen molar-refractivity contribution in [3.05, 3.63) is 0 Å². The lowest BCUT2D eigenvalue weighted by molar-refractivity contribution is -0.0715. The molecule has 0 aromatic rings. The second-order valence-corrected chi connectivity index (χ2v) is 20.3. The molecule has 0 N–H and O–H groups in total. The van der Waals surface area contributed by atoms with Crippen LogP contribution in [0.1, 0.15) is 272 Å². The van der Waals surface area contributed by atoms with Gasteiger partial charge < -0.3 is 0 Å². The average Bonchev–Trinajstić information content (AvgIpc) is 3.03. The molecule has 0 radical (unpaired) electrons. The Balaban J connectivity index is 0. The maximum absolute atomic E-state index is 2.65. The Hall–Kier alpha value is 0. The summed E-state index contributed by atoms with van der Waals surface area (Å²) < 4.78 is 0. The fourth-order valence-corrected chi connectivity index (χ4v) is 9.56. The predicted octanol–water partition coefficient (Wildman–Crippen LogP) is 18.2. The van der Waals surface area contributed by atoms with Crippen LogP contribution in [0.2, 0.25) is 0 Å². The molecule has 0 saturated heterocycles. The fraction of sp³-hybridized carbons (Fsp3) is 1.00. The van der Waals surface area contributed by atoms with Gasteiger partial charge in [-0.15, -0.1) is 0 Å². The van der Waals surface area contributed by atoms with E-state index in [-0.39, 0.29) is 0 Å². The SMILES string of the molecule is CCCCC(C)(C)C(C)(CCCCC(C)(C)C)C(C)(CC)CCCC.CCCCCCC(C)(C(C)(C)CCCC)C(C)(CC)CCCC. The van der Waals surface area contributed by atoms with E-state index in [1.807, 2.05) is 0 Å². The van der Waals surface area contributed by atoms with Crippen LogP contribution in [0.15, 0.2) is 0 Å². The molecule has 0 amide bonds. The van der Waals surface area contributed by atoms with Gasteiger partial charge in [0.1, 0.15) is 0 Å². The van der Waals surface area contributed by atoms with Gasteiger partial charge in [0.05, 0.1) is 0 Å². The lowest BCUT2D eigenvalue weighted by Gasteiger charge is -2.57. The summed E-state index contributed by atoms with van der Waals surface area (Å²) >= 11 is 0. The van der Waals surface area contributed by atoms with Crippen LogP contribution < -0.4 is 0 Å². The van der Waals surface area contributed by atoms with Gasteiger partial charge in [-0.25, -0.2) is 0 Å². The monoisotopic (exact) mass is 677 g/mol. The zero-order valence-corrected chi connectivity index (χ0v) is 37.8. The van der Waals surface area contributed by atoms with Crippen molar-refractivity contribution in [3.8, 4) is 0 Å². The maximum Gasteiger partial charge on any atom is -0.0221 e. The molecule has 0 bridgehead atoms. The standard InChI is InChI=1S/C25H52.C23H48/c1-11-14-19-23(7,8)25(10,21-17-16-18-22(4,5)6)24(9,13-3)20-15-12-2;1-9-13-16-17-20-23(8,21(5,6)18-14-10-2)22(7,12-4)19-15-11-3/h11-21H2,1-10H3;9-20H2,1-8H3. The lowest BCUT2D eigenvalue weighted by atomic mass is 9.48. The minimum atomic E-state index is 0.420. The van der Waals surface area contributed by atoms with E-state index >= 15 is 0 Å². The summed E-state index contributed by atoms with van der Waals surface area (Å²) in [6.45, 7) is 44.5. The second-order valence-electron chi connectivity index (χ2n) is 20.3. The number of hydrogen-bond donors (Lipinski definition) is 0. The Bertz CT molecular complexity index is 765. The highest BCUT2D eigenvalue weighted by molar-refractivity contribution is 5.01. The second kappa shape index (κ2) is 23.5. The Morgan fingerprint density at radius 1 is 0.271 bits per heavy atom. The number of unbranched alkanes of at least 4 members (excludes halogenated alkanes) is 8. The largest absolute Gasteiger partial charge is 0.0654 e. The van der Waals surface area contributed by atoms with Crippen LogP contribution in [0.4, 0.5) is 0 Å². The fourth-order valence-electron chi connectivity index (χ4n) is 9.56. The van der Waals surface area contributed by atoms with Gasteiger partial charge in [-0.3, -0.25) is 0 Å². The summed E-state index contributed by atoms with van der Waals surface area (Å²) in [5.74, 6) is 0. The van der Waals surface area contributed by atoms with E-state index in [9.17, 15) is 0 Å². The third kappa shape index (κ3) is 15.3. The van der Waals surface area contributed by atoms with Crippen molar-refractivity contribution in [1.82, 2.24) is 0 Å². The van der Waals surface area contributed by atoms with Crippen molar-refractivity contribution in [2.24, 2.45) is 37.9 Å². The van der Waals surface area contributed by atoms with Crippen LogP contribution in [0.25, 0.3) is 0 Å². The summed E-state index contributed by atoms with van der Waals surface area (Å²) in [6, 6.07) is 0. The number of rotatable bonds is 27. The Morgan fingerprint density at radius 3 is 0.854 bits per heavy atom. The highest BCUT2D eigenvalue weighted by Crippen LogP contribution is 2.61. The summed E-state index contributed by atoms with van der Waals surface area (Å²) in [7, 11) is 0. The van der Waals surface area contributed by atoms with Crippen LogP contribution in [0.3, 0.4) is 0 Å². The first kappa shape index (κ1) is 50.1. The van der Waals surface area contributed by atoms with Gasteiger partial charge in [-0.2, -0.15) is 0 Å². The first-order valence-corrected chi connectivity index (χ1v) is 22.1. The molecule has 292 valence electrons. The van der Waals surface area contributed by atoms with Crippen LogP contribution in [0, 0.1) is 37.9 Å². The molecule has 48 heavy (non-hydrogen) atoms. The highest BCUT2D eigenvalue weighted by Gasteiger charge is 2.52. The zero-order valence-electron chi connectivity index (χ0n) is 37.8. The molecule has 0 rings (SSSR count). The lowest BCUT2D eigenvalue weighted by Crippen LogP contribution is -2.48. The van der Waals surface area contributed by atoms with Crippen molar-refractivity contribution in [2.45, 2.75) is 272 Å². The smallest absolute Gasteiger partial charge is 0.0221 e. The normalized spacial score (nSPS) is 17.9. The third-order valence-corrected chi connectivity index (χ3v) is 15.1. The van der Waals surface area contributed by atoms with Gasteiger partial charge in [0.2, 0.25) is 0 Å². The molecule has 0 aromatic carbocycles. The molecule has 0 aliphatic heterocycles. The summed E-state index contributed by atoms with van der Waals surface area (Å²) in [6.07, 6.45) is 31.6. The van der Waals surface area contributed by atoms with E-state index in [2.05, 4.69) is 125 Å². The van der Waals surface area contributed by atoms with Crippen LogP contribution in [0.5, 0.6) is 0 Å². The predicted molar refractivity (Wildman–Crippen MR) is 225 cm³/mol. The molecule has 4 unspecified atom stereocenters. The molecular weight excluding hydrogens is 577 g/mol. The van der Waals surface area contributed by atoms with E-state index in [1.165, 1.54) is 148 Å². The first-order chi connectivity index (χ1) is 22.1. The van der Waals surface area contributed by atoms with Crippen molar-refractivity contribution in [1.29, 1.82) is 0 Å². The van der Waals surface area contributed by atoms with Crippen molar-refractivity contribution in [2.75, 3.05) is 0 Å². The first-order valence-electron chi connectivity index (χ1n) is 22.1. The minimum absolute atomic E-state index is 0.420. The van der Waals surface area contributed by atoms with Crippen LogP contribution in [-0.4, -0.2) is 0 Å². The maximum atomic E-state index is 2.65. The molecular formula is C48H100. The number of hydrogen-bond acceptors (Lipinski definition) is 0. The van der Waals surface area contributed by atoms with Crippen molar-refractivity contribution < 1.29 is 0 Å². The van der Waals surface area contributed by atoms with Gasteiger partial charge in [-0.05, 0) is 82.9 Å². The van der Waals surface area contributed by atoms with Gasteiger partial charge >= 0.3 is 0 Å². The summed E-state index contributed by atoms with van der Waals surface area (Å²) in [5, 5.41) is 0.